The van der Waals surface area contributed by atoms with Crippen molar-refractivity contribution in [2.45, 2.75) is 58.3 Å². The van der Waals surface area contributed by atoms with Gasteiger partial charge in [-0.1, -0.05) is 41.5 Å². The number of hydrogen-bond acceptors (Lipinski definition) is 6. The second-order valence-corrected chi connectivity index (χ2v) is 10.5. The van der Waals surface area contributed by atoms with E-state index in [1.54, 1.807) is 41.5 Å². The van der Waals surface area contributed by atoms with E-state index in [1.807, 2.05) is 0 Å². The smallest absolute Gasteiger partial charge is 0.474 e. The van der Waals surface area contributed by atoms with Gasteiger partial charge in [0.2, 0.25) is 0 Å². The molecule has 156 valence electrons. The molecule has 0 aliphatic carbocycles. The fourth-order valence-electron chi connectivity index (χ4n) is 2.40. The van der Waals surface area contributed by atoms with Crippen molar-refractivity contribution in [3.05, 3.63) is 28.8 Å². The van der Waals surface area contributed by atoms with Crippen molar-refractivity contribution in [3.63, 3.8) is 0 Å². The molecule has 0 heterocycles. The fourth-order valence-corrected chi connectivity index (χ4v) is 3.39. The summed E-state index contributed by atoms with van der Waals surface area (Å²) in [6.07, 6.45) is 0. The molecule has 0 unspecified atom stereocenters. The second-order valence-electron chi connectivity index (χ2n) is 8.17. The number of phenolic OH excluding ortho intramolecular Hbond substituents is 1. The molecule has 0 aliphatic rings. The molecular formula is C15H26O10P2. The Bertz CT molecular complexity index is 735. The van der Waals surface area contributed by atoms with E-state index < -0.39 is 38.0 Å². The first-order chi connectivity index (χ1) is 11.7. The van der Waals surface area contributed by atoms with Crippen LogP contribution in [-0.2, 0) is 35.0 Å². The zero-order valence-electron chi connectivity index (χ0n) is 15.9. The molecule has 0 bridgehead atoms. The summed E-state index contributed by atoms with van der Waals surface area (Å²) in [6, 6.07) is 2.21. The minimum atomic E-state index is -5.44. The van der Waals surface area contributed by atoms with Crippen molar-refractivity contribution in [1.82, 2.24) is 0 Å². The first kappa shape index (κ1) is 24.2. The van der Waals surface area contributed by atoms with Gasteiger partial charge in [0.05, 0.1) is 0 Å². The van der Waals surface area contributed by atoms with Crippen LogP contribution in [0.15, 0.2) is 12.1 Å². The highest BCUT2D eigenvalue weighted by atomic mass is 31.2. The van der Waals surface area contributed by atoms with Gasteiger partial charge in [0, 0.05) is 16.7 Å². The first-order valence-corrected chi connectivity index (χ1v) is 10.9. The van der Waals surface area contributed by atoms with Crippen LogP contribution in [0, 0.1) is 0 Å². The minimum absolute atomic E-state index is 0.131. The molecule has 0 saturated heterocycles. The Hall–Kier alpha value is -0.800. The molecule has 0 spiro atoms. The van der Waals surface area contributed by atoms with Crippen molar-refractivity contribution in [2.24, 2.45) is 0 Å². The van der Waals surface area contributed by atoms with Crippen molar-refractivity contribution >= 4 is 15.6 Å². The molecule has 27 heavy (non-hydrogen) atoms. The van der Waals surface area contributed by atoms with E-state index in [-0.39, 0.29) is 16.9 Å². The van der Waals surface area contributed by atoms with Gasteiger partial charge in [-0.05, 0) is 23.0 Å². The number of phosphoric acid groups is 2. The lowest BCUT2D eigenvalue weighted by molar-refractivity contribution is -0.297. The van der Waals surface area contributed by atoms with Gasteiger partial charge >= 0.3 is 21.6 Å². The predicted octanol–water partition coefficient (Wildman–Crippen LogP) is 2.31. The molecule has 1 aromatic rings. The number of benzene rings is 1. The highest BCUT2D eigenvalue weighted by Gasteiger charge is 2.46. The number of phosphoric ester groups is 2. The molecular weight excluding hydrogens is 402 g/mol. The second kappa shape index (κ2) is 7.22. The van der Waals surface area contributed by atoms with Gasteiger partial charge in [0.15, 0.2) is 0 Å². The molecule has 0 radical (unpaired) electrons. The Kier molecular flexibility index (Phi) is 6.48. The molecule has 1 aromatic carbocycles. The van der Waals surface area contributed by atoms with Gasteiger partial charge in [0.25, 0.3) is 0 Å². The third-order valence-corrected chi connectivity index (χ3v) is 4.55. The Labute approximate surface area is 157 Å². The van der Waals surface area contributed by atoms with Crippen LogP contribution in [0.2, 0.25) is 0 Å². The van der Waals surface area contributed by atoms with Gasteiger partial charge in [-0.25, -0.2) is 18.2 Å². The van der Waals surface area contributed by atoms with E-state index in [1.165, 1.54) is 0 Å². The lowest BCUT2D eigenvalue weighted by Crippen LogP contribution is -2.32. The van der Waals surface area contributed by atoms with E-state index in [2.05, 4.69) is 9.05 Å². The summed E-state index contributed by atoms with van der Waals surface area (Å²) in [5, 5.41) is 21.2. The Morgan fingerprint density at radius 2 is 1.07 bits per heavy atom. The van der Waals surface area contributed by atoms with Gasteiger partial charge in [-0.2, -0.15) is 0 Å². The SMILES string of the molecule is CC(C)(C)c1cc(C(O)(OP(=O)(O)O)OP(=O)(O)O)cc(C(C)(C)C)c1O. The summed E-state index contributed by atoms with van der Waals surface area (Å²) in [5.41, 5.74) is -1.42. The van der Waals surface area contributed by atoms with Crippen LogP contribution >= 0.6 is 15.6 Å². The Morgan fingerprint density at radius 3 is 1.30 bits per heavy atom. The maximum absolute atomic E-state index is 11.3. The van der Waals surface area contributed by atoms with Crippen LogP contribution in [0.25, 0.3) is 0 Å². The van der Waals surface area contributed by atoms with Crippen molar-refractivity contribution in [3.8, 4) is 5.75 Å². The van der Waals surface area contributed by atoms with Gasteiger partial charge in [-0.3, -0.25) is 0 Å². The Balaban J connectivity index is 3.87. The van der Waals surface area contributed by atoms with Crippen molar-refractivity contribution in [2.75, 3.05) is 0 Å². The molecule has 0 aromatic heterocycles. The summed E-state index contributed by atoms with van der Waals surface area (Å²) in [7, 11) is -10.9. The number of aliphatic hydroxyl groups is 1. The molecule has 10 nitrogen and oxygen atoms in total. The standard InChI is InChI=1S/C15H26O10P2/c1-13(2,3)10-7-9(8-11(12(10)16)14(4,5)6)15(17,24-26(18,19)20)25-27(21,22)23/h7-8,16-17H,1-6H3,(H2,18,19,20)(H2,21,22,23). The minimum Gasteiger partial charge on any atom is -0.507 e. The number of aromatic hydroxyl groups is 1. The maximum Gasteiger partial charge on any atom is 0.474 e. The number of phenols is 1. The average molecular weight is 428 g/mol. The summed E-state index contributed by atoms with van der Waals surface area (Å²) < 4.78 is 30.9. The van der Waals surface area contributed by atoms with Crippen molar-refractivity contribution < 1.29 is 48.0 Å². The summed E-state index contributed by atoms with van der Waals surface area (Å²) in [6.45, 7) is 10.4. The lowest BCUT2D eigenvalue weighted by atomic mass is 9.78. The summed E-state index contributed by atoms with van der Waals surface area (Å²) in [5.74, 6) is -3.60. The molecule has 0 saturated carbocycles. The van der Waals surface area contributed by atoms with Crippen molar-refractivity contribution in [1.29, 1.82) is 0 Å². The van der Waals surface area contributed by atoms with Gasteiger partial charge in [0.1, 0.15) is 5.75 Å². The largest absolute Gasteiger partial charge is 0.507 e. The molecule has 0 atom stereocenters. The predicted molar refractivity (Wildman–Crippen MR) is 95.7 cm³/mol. The van der Waals surface area contributed by atoms with Crippen LogP contribution in [0.5, 0.6) is 5.75 Å². The topological polar surface area (TPSA) is 174 Å². The normalized spacial score (nSPS) is 14.5. The van der Waals surface area contributed by atoms with E-state index in [9.17, 15) is 19.3 Å². The molecule has 12 heteroatoms. The number of hydrogen-bond donors (Lipinski definition) is 6. The third-order valence-electron chi connectivity index (χ3n) is 3.58. The van der Waals surface area contributed by atoms with Crippen LogP contribution in [0.1, 0.15) is 58.2 Å². The summed E-state index contributed by atoms with van der Waals surface area (Å²) >= 11 is 0. The fraction of sp³-hybridized carbons (Fsp3) is 0.600. The monoisotopic (exact) mass is 428 g/mol. The van der Waals surface area contributed by atoms with Gasteiger partial charge in [-0.15, -0.1) is 0 Å². The molecule has 0 aliphatic heterocycles. The van der Waals surface area contributed by atoms with Crippen LogP contribution < -0.4 is 0 Å². The number of rotatable bonds is 5. The first-order valence-electron chi connectivity index (χ1n) is 7.79. The molecule has 1 rings (SSSR count). The van der Waals surface area contributed by atoms with Crippen LogP contribution in [0.4, 0.5) is 0 Å². The highest BCUT2D eigenvalue weighted by Crippen LogP contribution is 2.53. The summed E-state index contributed by atoms with van der Waals surface area (Å²) in [4.78, 5) is 36.3. The Morgan fingerprint density at radius 1 is 0.778 bits per heavy atom. The molecule has 0 amide bonds. The quantitative estimate of drug-likeness (QED) is 0.302. The molecule has 6 N–H and O–H groups in total. The van der Waals surface area contributed by atoms with Crippen LogP contribution in [0.3, 0.4) is 0 Å². The van der Waals surface area contributed by atoms with E-state index in [4.69, 9.17) is 19.6 Å². The molecule has 0 fully saturated rings. The van der Waals surface area contributed by atoms with E-state index in [0.717, 1.165) is 12.1 Å². The maximum atomic E-state index is 11.3. The highest BCUT2D eigenvalue weighted by molar-refractivity contribution is 7.47. The lowest BCUT2D eigenvalue weighted by Gasteiger charge is -2.32. The van der Waals surface area contributed by atoms with E-state index >= 15 is 0 Å². The zero-order chi connectivity index (χ0) is 21.6. The average Bonchev–Trinajstić information content (AvgIpc) is 2.30. The van der Waals surface area contributed by atoms with E-state index in [0.29, 0.717) is 0 Å². The third kappa shape index (κ3) is 6.64. The van der Waals surface area contributed by atoms with Crippen LogP contribution in [-0.4, -0.2) is 29.8 Å². The zero-order valence-corrected chi connectivity index (χ0v) is 17.7. The van der Waals surface area contributed by atoms with Gasteiger partial charge < -0.3 is 29.8 Å².